The van der Waals surface area contributed by atoms with Gasteiger partial charge in [-0.2, -0.15) is 0 Å². The molecule has 0 spiro atoms. The second-order valence-electron chi connectivity index (χ2n) is 10.1. The summed E-state index contributed by atoms with van der Waals surface area (Å²) in [5.41, 5.74) is 5.42. The van der Waals surface area contributed by atoms with Gasteiger partial charge in [-0.25, -0.2) is 4.98 Å². The number of hydrogen-bond donors (Lipinski definition) is 1. The van der Waals surface area contributed by atoms with Crippen molar-refractivity contribution in [3.05, 3.63) is 47.5 Å². The Bertz CT molecular complexity index is 1410. The molecule has 8 heteroatoms. The molecule has 2 heterocycles. The lowest BCUT2D eigenvalue weighted by Gasteiger charge is -2.16. The maximum atomic E-state index is 12.5. The van der Waals surface area contributed by atoms with E-state index in [2.05, 4.69) is 32.2 Å². The SMILES string of the molecule is CC.CN(CCCF)CCc1cc2c(cc1C=O)nc(-c1cc3cccc(OCCO)c3n1CC1CC1)n2C. The molecule has 0 atom stereocenters. The number of aldehydes is 1. The number of carbonyl (C=O) groups excluding carboxylic acids is 1. The van der Waals surface area contributed by atoms with Crippen molar-refractivity contribution in [2.24, 2.45) is 13.0 Å². The second kappa shape index (κ2) is 13.2. The first kappa shape index (κ1) is 28.8. The number of aliphatic hydroxyl groups is 1. The van der Waals surface area contributed by atoms with E-state index in [1.807, 2.05) is 46.1 Å². The van der Waals surface area contributed by atoms with E-state index in [9.17, 15) is 14.3 Å². The third kappa shape index (κ3) is 6.34. The number of para-hydroxylation sites is 1. The van der Waals surface area contributed by atoms with Crippen molar-refractivity contribution < 1.29 is 19.0 Å². The minimum Gasteiger partial charge on any atom is -0.489 e. The molecule has 0 unspecified atom stereocenters. The molecule has 2 aromatic carbocycles. The third-order valence-corrected chi connectivity index (χ3v) is 7.30. The van der Waals surface area contributed by atoms with Gasteiger partial charge in [0.25, 0.3) is 0 Å². The zero-order valence-corrected chi connectivity index (χ0v) is 23.6. The monoisotopic (exact) mass is 536 g/mol. The van der Waals surface area contributed by atoms with Gasteiger partial charge in [-0.05, 0) is 68.5 Å². The van der Waals surface area contributed by atoms with Crippen LogP contribution in [0.3, 0.4) is 0 Å². The molecule has 210 valence electrons. The van der Waals surface area contributed by atoms with Crippen molar-refractivity contribution in [3.8, 4) is 17.3 Å². The maximum Gasteiger partial charge on any atom is 0.157 e. The number of fused-ring (bicyclic) bond motifs is 2. The lowest BCUT2D eigenvalue weighted by atomic mass is 10.0. The molecule has 0 amide bonds. The number of aromatic nitrogens is 3. The number of likely N-dealkylation sites (N-methyl/N-ethyl adjacent to an activating group) is 1. The average Bonchev–Trinajstić information content (AvgIpc) is 3.63. The van der Waals surface area contributed by atoms with E-state index < -0.39 is 0 Å². The van der Waals surface area contributed by atoms with Gasteiger partial charge in [-0.1, -0.05) is 26.0 Å². The molecule has 0 aliphatic heterocycles. The fraction of sp³-hybridized carbons (Fsp3) is 0.484. The first-order chi connectivity index (χ1) is 19.0. The van der Waals surface area contributed by atoms with Crippen LogP contribution in [0.15, 0.2) is 36.4 Å². The number of rotatable bonds is 13. The van der Waals surface area contributed by atoms with Crippen LogP contribution >= 0.6 is 0 Å². The molecule has 0 bridgehead atoms. The Labute approximate surface area is 230 Å². The van der Waals surface area contributed by atoms with E-state index >= 15 is 0 Å². The van der Waals surface area contributed by atoms with Crippen molar-refractivity contribution in [1.82, 2.24) is 19.0 Å². The third-order valence-electron chi connectivity index (χ3n) is 7.30. The lowest BCUT2D eigenvalue weighted by molar-refractivity contribution is 0.112. The van der Waals surface area contributed by atoms with Crippen LogP contribution < -0.4 is 4.74 Å². The number of hydrogen-bond acceptors (Lipinski definition) is 5. The Morgan fingerprint density at radius 2 is 2.00 bits per heavy atom. The summed E-state index contributed by atoms with van der Waals surface area (Å²) in [6.07, 6.45) is 4.56. The maximum absolute atomic E-state index is 12.5. The van der Waals surface area contributed by atoms with Gasteiger partial charge in [-0.15, -0.1) is 0 Å². The predicted molar refractivity (Wildman–Crippen MR) is 155 cm³/mol. The topological polar surface area (TPSA) is 72.5 Å². The smallest absolute Gasteiger partial charge is 0.157 e. The fourth-order valence-electron chi connectivity index (χ4n) is 5.10. The molecule has 1 aliphatic carbocycles. The van der Waals surface area contributed by atoms with Crippen molar-refractivity contribution in [2.45, 2.75) is 46.1 Å². The quantitative estimate of drug-likeness (QED) is 0.224. The average molecular weight is 537 g/mol. The van der Waals surface area contributed by atoms with Crippen molar-refractivity contribution >= 4 is 28.2 Å². The fourth-order valence-corrected chi connectivity index (χ4v) is 5.10. The Kier molecular flexibility index (Phi) is 9.75. The molecule has 0 radical (unpaired) electrons. The summed E-state index contributed by atoms with van der Waals surface area (Å²) in [7, 11) is 4.00. The van der Waals surface area contributed by atoms with E-state index in [4.69, 9.17) is 9.72 Å². The summed E-state index contributed by atoms with van der Waals surface area (Å²) in [5.74, 6) is 2.24. The number of carbonyl (C=O) groups is 1. The first-order valence-corrected chi connectivity index (χ1v) is 14.1. The number of aliphatic hydroxyl groups excluding tert-OH is 1. The minimum absolute atomic E-state index is 0.0373. The highest BCUT2D eigenvalue weighted by molar-refractivity contribution is 5.93. The van der Waals surface area contributed by atoms with Crippen molar-refractivity contribution in [3.63, 3.8) is 0 Å². The summed E-state index contributed by atoms with van der Waals surface area (Å²) < 4.78 is 22.9. The largest absolute Gasteiger partial charge is 0.489 e. The van der Waals surface area contributed by atoms with Crippen LogP contribution in [0.5, 0.6) is 5.75 Å². The Morgan fingerprint density at radius 1 is 1.21 bits per heavy atom. The van der Waals surface area contributed by atoms with Gasteiger partial charge in [-0.3, -0.25) is 9.18 Å². The van der Waals surface area contributed by atoms with Gasteiger partial charge in [0.05, 0.1) is 35.5 Å². The van der Waals surface area contributed by atoms with E-state index in [0.717, 1.165) is 64.1 Å². The van der Waals surface area contributed by atoms with Gasteiger partial charge in [0.15, 0.2) is 5.82 Å². The molecular weight excluding hydrogens is 495 g/mol. The molecule has 0 saturated heterocycles. The summed E-state index contributed by atoms with van der Waals surface area (Å²) in [6.45, 7) is 6.22. The number of nitrogens with zero attached hydrogens (tertiary/aromatic N) is 4. The molecule has 1 saturated carbocycles. The lowest BCUT2D eigenvalue weighted by Crippen LogP contribution is -2.23. The van der Waals surface area contributed by atoms with Crippen LogP contribution in [0.4, 0.5) is 4.39 Å². The standard InChI is InChI=1S/C29H35FN4O3.C2H6/c1-32(11-4-10-30)12-9-21-16-25-24(15-23(21)19-36)31-29(33(25)2)26-17-22-5-3-6-27(37-14-13-35)28(22)34(26)18-20-7-8-20;1-2/h3,5-6,15-17,19-20,35H,4,7-14,18H2,1-2H3;1-2H3. The zero-order chi connectivity index (χ0) is 27.9. The van der Waals surface area contributed by atoms with E-state index in [-0.39, 0.29) is 19.9 Å². The highest BCUT2D eigenvalue weighted by Gasteiger charge is 2.27. The normalized spacial score (nSPS) is 13.2. The number of imidazole rings is 1. The number of halogens is 1. The first-order valence-electron chi connectivity index (χ1n) is 14.1. The molecule has 4 aromatic rings. The van der Waals surface area contributed by atoms with Gasteiger partial charge >= 0.3 is 0 Å². The molecule has 5 rings (SSSR count). The molecule has 2 aromatic heterocycles. The van der Waals surface area contributed by atoms with Crippen molar-refractivity contribution in [2.75, 3.05) is 40.0 Å². The number of benzene rings is 2. The van der Waals surface area contributed by atoms with E-state index in [1.54, 1.807) is 0 Å². The van der Waals surface area contributed by atoms with Gasteiger partial charge in [0.2, 0.25) is 0 Å². The van der Waals surface area contributed by atoms with E-state index in [1.165, 1.54) is 12.8 Å². The van der Waals surface area contributed by atoms with Gasteiger partial charge in [0, 0.05) is 37.6 Å². The summed E-state index contributed by atoms with van der Waals surface area (Å²) in [4.78, 5) is 19.0. The summed E-state index contributed by atoms with van der Waals surface area (Å²) in [5, 5.41) is 10.4. The summed E-state index contributed by atoms with van der Waals surface area (Å²) >= 11 is 0. The Balaban J connectivity index is 0.00000172. The molecule has 1 fully saturated rings. The van der Waals surface area contributed by atoms with Crippen LogP contribution in [-0.2, 0) is 20.0 Å². The number of alkyl halides is 1. The van der Waals surface area contributed by atoms with Crippen LogP contribution in [0.25, 0.3) is 33.5 Å². The Hall–Kier alpha value is -3.23. The molecule has 1 aliphatic rings. The molecule has 39 heavy (non-hydrogen) atoms. The zero-order valence-electron chi connectivity index (χ0n) is 23.6. The van der Waals surface area contributed by atoms with Crippen LogP contribution in [0.1, 0.15) is 49.0 Å². The summed E-state index contributed by atoms with van der Waals surface area (Å²) in [6, 6.07) is 12.1. The molecule has 1 N–H and O–H groups in total. The van der Waals surface area contributed by atoms with Crippen molar-refractivity contribution in [1.29, 1.82) is 0 Å². The minimum atomic E-state index is -0.319. The Morgan fingerprint density at radius 3 is 2.69 bits per heavy atom. The number of ether oxygens (including phenoxy) is 1. The van der Waals surface area contributed by atoms with Crippen LogP contribution in [0.2, 0.25) is 0 Å². The van der Waals surface area contributed by atoms with Gasteiger partial charge in [0.1, 0.15) is 18.6 Å². The van der Waals surface area contributed by atoms with E-state index in [0.29, 0.717) is 30.9 Å². The second-order valence-corrected chi connectivity index (χ2v) is 10.1. The predicted octanol–water partition coefficient (Wildman–Crippen LogP) is 5.65. The van der Waals surface area contributed by atoms with Gasteiger partial charge < -0.3 is 23.9 Å². The van der Waals surface area contributed by atoms with Crippen LogP contribution in [-0.4, -0.2) is 70.4 Å². The molecule has 7 nitrogen and oxygen atoms in total. The van der Waals surface area contributed by atoms with Crippen LogP contribution in [0, 0.1) is 5.92 Å². The highest BCUT2D eigenvalue weighted by atomic mass is 19.1. The number of aryl methyl sites for hydroxylation is 1. The highest BCUT2D eigenvalue weighted by Crippen LogP contribution is 2.39. The molecular formula is C31H41FN4O3.